The largest absolute Gasteiger partial charge is 0.456 e. The van der Waals surface area contributed by atoms with Crippen molar-refractivity contribution >= 4 is 39.0 Å². The molecular weight excluding hydrogens is 787 g/mol. The van der Waals surface area contributed by atoms with Crippen LogP contribution < -0.4 is 4.90 Å². The van der Waals surface area contributed by atoms with Crippen molar-refractivity contribution in [3.05, 3.63) is 210 Å². The van der Waals surface area contributed by atoms with Gasteiger partial charge in [-0.25, -0.2) is 0 Å². The Morgan fingerprint density at radius 3 is 1.98 bits per heavy atom. The van der Waals surface area contributed by atoms with Crippen LogP contribution in [0.1, 0.15) is 60.8 Å². The molecule has 7 aliphatic carbocycles. The molecule has 16 rings (SSSR count). The Labute approximate surface area is 379 Å². The highest BCUT2D eigenvalue weighted by atomic mass is 16.3. The summed E-state index contributed by atoms with van der Waals surface area (Å²) in [4.78, 5) is 2.46. The van der Waals surface area contributed by atoms with Crippen molar-refractivity contribution in [3.8, 4) is 44.5 Å². The van der Waals surface area contributed by atoms with Gasteiger partial charge in [-0.05, 0) is 183 Å². The van der Waals surface area contributed by atoms with E-state index in [9.17, 15) is 0 Å². The fourth-order valence-corrected chi connectivity index (χ4v) is 15.6. The summed E-state index contributed by atoms with van der Waals surface area (Å²) >= 11 is 0. The third-order valence-electron chi connectivity index (χ3n) is 18.2. The van der Waals surface area contributed by atoms with Gasteiger partial charge in [0.05, 0.1) is 0 Å². The lowest BCUT2D eigenvalue weighted by Crippen LogP contribution is -2.45. The molecule has 6 atom stereocenters. The molecule has 0 amide bonds. The van der Waals surface area contributed by atoms with Crippen LogP contribution in [0, 0.1) is 29.6 Å². The minimum Gasteiger partial charge on any atom is -0.456 e. The Kier molecular flexibility index (Phi) is 6.79. The highest BCUT2D eigenvalue weighted by Crippen LogP contribution is 2.80. The molecule has 0 saturated heterocycles. The molecular formula is C63H47NO. The molecule has 4 fully saturated rings. The minimum absolute atomic E-state index is 0.0880. The zero-order valence-corrected chi connectivity index (χ0v) is 36.3. The molecule has 2 spiro atoms. The number of nitrogens with zero attached hydrogens (tertiary/aromatic N) is 1. The summed E-state index contributed by atoms with van der Waals surface area (Å²) in [5, 5.41) is 2.29. The summed E-state index contributed by atoms with van der Waals surface area (Å²) < 4.78 is 6.77. The Bertz CT molecular complexity index is 3550. The quantitative estimate of drug-likeness (QED) is 0.161. The van der Waals surface area contributed by atoms with Crippen LogP contribution in [0.3, 0.4) is 0 Å². The zero-order chi connectivity index (χ0) is 42.2. The van der Waals surface area contributed by atoms with Crippen LogP contribution in [0.4, 0.5) is 17.1 Å². The van der Waals surface area contributed by atoms with E-state index in [1.165, 1.54) is 99.8 Å². The fraction of sp³-hybridized carbons (Fsp3) is 0.206. The van der Waals surface area contributed by atoms with Crippen molar-refractivity contribution in [2.24, 2.45) is 29.6 Å². The van der Waals surface area contributed by atoms with Gasteiger partial charge >= 0.3 is 0 Å². The number of furan rings is 1. The number of fused-ring (bicyclic) bond motifs is 15. The van der Waals surface area contributed by atoms with E-state index in [2.05, 4.69) is 187 Å². The van der Waals surface area contributed by atoms with Crippen molar-refractivity contribution in [1.29, 1.82) is 0 Å². The SMILES string of the molecule is C1=C2C[C@@H]3C[C@H]4C3C2[C@@H]1[C@]41c2ccccc2-c2cc(-c3ccc4c(c3)oc3ccc(N(c5ccc(-c6ccccc6)cc5)c5ccc6c(c5)C5(CCCC5)c5ccccc5-6)cc34)ccc21. The smallest absolute Gasteiger partial charge is 0.136 e. The second-order valence-corrected chi connectivity index (χ2v) is 20.7. The molecule has 0 radical (unpaired) electrons. The van der Waals surface area contributed by atoms with Crippen LogP contribution in [0.15, 0.2) is 192 Å². The molecule has 7 aliphatic rings. The van der Waals surface area contributed by atoms with Crippen LogP contribution in [-0.4, -0.2) is 0 Å². The summed E-state index contributed by atoms with van der Waals surface area (Å²) in [5.74, 6) is 4.10. The molecule has 1 aromatic heterocycles. The normalized spacial score (nSPS) is 25.0. The Morgan fingerprint density at radius 1 is 0.477 bits per heavy atom. The highest BCUT2D eigenvalue weighted by molar-refractivity contribution is 6.08. The van der Waals surface area contributed by atoms with Gasteiger partial charge in [0.2, 0.25) is 0 Å². The number of hydrogen-bond acceptors (Lipinski definition) is 2. The lowest BCUT2D eigenvalue weighted by atomic mass is 9.54. The summed E-state index contributed by atoms with van der Waals surface area (Å²) in [6.07, 6.45) is 10.4. The fourth-order valence-electron chi connectivity index (χ4n) is 15.6. The van der Waals surface area contributed by atoms with Gasteiger partial charge < -0.3 is 9.32 Å². The average molecular weight is 834 g/mol. The second-order valence-electron chi connectivity index (χ2n) is 20.7. The van der Waals surface area contributed by atoms with E-state index in [1.807, 2.05) is 0 Å². The first-order chi connectivity index (χ1) is 32.2. The zero-order valence-electron chi connectivity index (χ0n) is 36.3. The molecule has 0 N–H and O–H groups in total. The molecule has 9 aromatic rings. The van der Waals surface area contributed by atoms with E-state index in [0.717, 1.165) is 57.0 Å². The van der Waals surface area contributed by atoms with E-state index >= 15 is 0 Å². The number of anilines is 3. The molecule has 310 valence electrons. The summed E-state index contributed by atoms with van der Waals surface area (Å²) in [7, 11) is 0. The molecule has 2 unspecified atom stereocenters. The van der Waals surface area contributed by atoms with Gasteiger partial charge in [-0.1, -0.05) is 140 Å². The van der Waals surface area contributed by atoms with Crippen LogP contribution in [0.2, 0.25) is 0 Å². The lowest BCUT2D eigenvalue weighted by molar-refractivity contribution is 0.0823. The Hall–Kier alpha value is -6.90. The highest BCUT2D eigenvalue weighted by Gasteiger charge is 2.74. The second kappa shape index (κ2) is 12.5. The third kappa shape index (κ3) is 4.42. The number of allylic oxidation sites excluding steroid dienone is 2. The van der Waals surface area contributed by atoms with E-state index in [1.54, 1.807) is 16.7 Å². The topological polar surface area (TPSA) is 16.4 Å². The van der Waals surface area contributed by atoms with Crippen molar-refractivity contribution < 1.29 is 4.42 Å². The van der Waals surface area contributed by atoms with Crippen LogP contribution in [0.5, 0.6) is 0 Å². The van der Waals surface area contributed by atoms with E-state index in [0.29, 0.717) is 5.92 Å². The van der Waals surface area contributed by atoms with Crippen LogP contribution >= 0.6 is 0 Å². The van der Waals surface area contributed by atoms with Crippen molar-refractivity contribution in [1.82, 2.24) is 0 Å². The van der Waals surface area contributed by atoms with Gasteiger partial charge in [-0.15, -0.1) is 0 Å². The molecule has 8 aromatic carbocycles. The number of hydrogen-bond donors (Lipinski definition) is 0. The monoisotopic (exact) mass is 833 g/mol. The molecule has 65 heavy (non-hydrogen) atoms. The van der Waals surface area contributed by atoms with E-state index in [4.69, 9.17) is 4.42 Å². The van der Waals surface area contributed by atoms with Gasteiger partial charge in [0.15, 0.2) is 0 Å². The number of rotatable bonds is 5. The van der Waals surface area contributed by atoms with E-state index in [-0.39, 0.29) is 10.8 Å². The maximum absolute atomic E-state index is 6.77. The first-order valence-electron chi connectivity index (χ1n) is 24.3. The van der Waals surface area contributed by atoms with Crippen LogP contribution in [-0.2, 0) is 10.8 Å². The van der Waals surface area contributed by atoms with Gasteiger partial charge in [-0.2, -0.15) is 0 Å². The molecule has 0 aliphatic heterocycles. The molecule has 1 heterocycles. The molecule has 2 heteroatoms. The summed E-state index contributed by atoms with van der Waals surface area (Å²) in [5.41, 5.74) is 24.1. The number of benzene rings is 8. The Balaban J connectivity index is 0.806. The van der Waals surface area contributed by atoms with Crippen molar-refractivity contribution in [3.63, 3.8) is 0 Å². The maximum atomic E-state index is 6.77. The predicted molar refractivity (Wildman–Crippen MR) is 265 cm³/mol. The third-order valence-corrected chi connectivity index (χ3v) is 18.2. The van der Waals surface area contributed by atoms with Crippen LogP contribution in [0.25, 0.3) is 66.4 Å². The first kappa shape index (κ1) is 35.4. The first-order valence-corrected chi connectivity index (χ1v) is 24.3. The van der Waals surface area contributed by atoms with Crippen molar-refractivity contribution in [2.75, 3.05) is 4.90 Å². The van der Waals surface area contributed by atoms with Gasteiger partial charge in [-0.3, -0.25) is 0 Å². The van der Waals surface area contributed by atoms with Crippen molar-refractivity contribution in [2.45, 2.75) is 49.4 Å². The standard InChI is InChI=1S/C63H47NO/c1-2-10-37(11-3-1)38-16-20-43(21-17-38)64(45-22-25-48-46-12-4-6-14-52(46)62(55(48)36-45)28-8-9-29-62)44-23-27-58-51(35-44)49-24-18-40(34-59(49)65-58)39-19-26-54-50(31-39)47-13-5-7-15-53(47)63(54)56-32-41-30-42-33-57(63)61(42)60(41)56/h1-7,10-27,31-32,34-36,42,56-57,60-61H,8-9,28-30,33H2/t42-,56-,57+,60?,61?,63-/m1/s1. The predicted octanol–water partition coefficient (Wildman–Crippen LogP) is 16.3. The average Bonchev–Trinajstić information content (AvgIpc) is 4.16. The maximum Gasteiger partial charge on any atom is 0.136 e. The Morgan fingerprint density at radius 2 is 1.14 bits per heavy atom. The molecule has 0 bridgehead atoms. The van der Waals surface area contributed by atoms with Gasteiger partial charge in [0.1, 0.15) is 11.2 Å². The van der Waals surface area contributed by atoms with E-state index < -0.39 is 0 Å². The molecule has 2 nitrogen and oxygen atoms in total. The summed E-state index contributed by atoms with van der Waals surface area (Å²) in [6, 6.07) is 66.8. The summed E-state index contributed by atoms with van der Waals surface area (Å²) in [6.45, 7) is 0. The molecule has 4 saturated carbocycles. The lowest BCUT2D eigenvalue weighted by Gasteiger charge is -2.49. The minimum atomic E-state index is 0.0880. The van der Waals surface area contributed by atoms with Gasteiger partial charge in [0, 0.05) is 38.7 Å². The van der Waals surface area contributed by atoms with Gasteiger partial charge in [0.25, 0.3) is 0 Å².